The molecule has 0 radical (unpaired) electrons. The molecule has 0 heterocycles. The van der Waals surface area contributed by atoms with Crippen molar-refractivity contribution < 1.29 is 42.1 Å². The van der Waals surface area contributed by atoms with Crippen molar-refractivity contribution in [2.45, 2.75) is 213 Å². The Morgan fingerprint density at radius 1 is 0.517 bits per heavy atom. The smallest absolute Gasteiger partial charge is 0.462 e. The first-order valence-electron chi connectivity index (χ1n) is 24.4. The molecule has 0 amide bonds. The lowest BCUT2D eigenvalue weighted by Gasteiger charge is -2.24. The summed E-state index contributed by atoms with van der Waals surface area (Å²) in [6.07, 6.45) is 50.2. The van der Waals surface area contributed by atoms with Crippen molar-refractivity contribution in [3.8, 4) is 0 Å². The highest BCUT2D eigenvalue weighted by atomic mass is 31.2. The molecule has 0 aromatic rings. The van der Waals surface area contributed by atoms with Crippen LogP contribution in [0.1, 0.15) is 206 Å². The number of phosphoric ester groups is 1. The lowest BCUT2D eigenvalue weighted by Crippen LogP contribution is -2.37. The third-order valence-corrected chi connectivity index (χ3v) is 11.3. The zero-order valence-electron chi connectivity index (χ0n) is 39.4. The van der Waals surface area contributed by atoms with Crippen LogP contribution < -0.4 is 0 Å². The number of carbonyl (C=O) groups excluding carboxylic acids is 2. The van der Waals surface area contributed by atoms with Gasteiger partial charge in [0.2, 0.25) is 0 Å². The Hall–Kier alpha value is -2.03. The van der Waals surface area contributed by atoms with E-state index in [1.165, 1.54) is 116 Å². The summed E-state index contributed by atoms with van der Waals surface area (Å²) < 4.78 is 34.3. The van der Waals surface area contributed by atoms with Gasteiger partial charge >= 0.3 is 19.8 Å². The molecular weight excluding hydrogens is 774 g/mol. The number of rotatable bonds is 44. The second kappa shape index (κ2) is 42.3. The molecule has 0 saturated carbocycles. The molecule has 0 aromatic heterocycles. The number of quaternary nitrogens is 1. The standard InChI is InChI=1S/C50H92NO8P/c1-6-8-10-12-14-16-18-20-22-23-24-25-26-27-29-31-33-35-37-39-41-43-50(53)59-48(47-58-60(54,55)57-45-44-51(3,4)5)46-56-49(52)42-40-38-36-34-32-30-28-21-19-17-15-13-11-9-7-2/h15,17,20-22,28,32,34,48H,6-14,16,18-19,23-27,29-31,33,35-47H2,1-5H3/p+1/b17-15+,22-20+,28-21+,34-32+/t48-/m1/s1. The van der Waals surface area contributed by atoms with Crippen molar-refractivity contribution in [1.29, 1.82) is 0 Å². The van der Waals surface area contributed by atoms with Gasteiger partial charge in [0, 0.05) is 12.8 Å². The van der Waals surface area contributed by atoms with E-state index in [9.17, 15) is 19.0 Å². The van der Waals surface area contributed by atoms with Gasteiger partial charge in [0.05, 0.1) is 27.7 Å². The van der Waals surface area contributed by atoms with E-state index in [4.69, 9.17) is 18.5 Å². The van der Waals surface area contributed by atoms with Crippen LogP contribution in [0, 0.1) is 0 Å². The number of phosphoric acid groups is 1. The van der Waals surface area contributed by atoms with E-state index in [0.717, 1.165) is 51.4 Å². The Balaban J connectivity index is 4.31. The van der Waals surface area contributed by atoms with Gasteiger partial charge in [-0.25, -0.2) is 4.57 Å². The molecule has 60 heavy (non-hydrogen) atoms. The van der Waals surface area contributed by atoms with Gasteiger partial charge in [-0.2, -0.15) is 0 Å². The summed E-state index contributed by atoms with van der Waals surface area (Å²) in [4.78, 5) is 35.4. The highest BCUT2D eigenvalue weighted by Gasteiger charge is 2.27. The minimum Gasteiger partial charge on any atom is -0.462 e. The number of esters is 2. The van der Waals surface area contributed by atoms with E-state index in [-0.39, 0.29) is 26.1 Å². The van der Waals surface area contributed by atoms with Crippen molar-refractivity contribution in [2.24, 2.45) is 0 Å². The number of unbranched alkanes of at least 4 members (excludes halogenated alkanes) is 22. The van der Waals surface area contributed by atoms with E-state index in [2.05, 4.69) is 62.5 Å². The largest absolute Gasteiger partial charge is 0.472 e. The quantitative estimate of drug-likeness (QED) is 0.0212. The zero-order chi connectivity index (χ0) is 44.3. The molecule has 9 nitrogen and oxygen atoms in total. The maximum atomic E-state index is 12.7. The van der Waals surface area contributed by atoms with Crippen LogP contribution >= 0.6 is 7.82 Å². The summed E-state index contributed by atoms with van der Waals surface area (Å²) in [5.41, 5.74) is 0. The molecule has 0 fully saturated rings. The summed E-state index contributed by atoms with van der Waals surface area (Å²) in [7, 11) is 1.45. The maximum absolute atomic E-state index is 12.7. The van der Waals surface area contributed by atoms with Crippen LogP contribution in [0.3, 0.4) is 0 Å². The van der Waals surface area contributed by atoms with Crippen molar-refractivity contribution in [3.63, 3.8) is 0 Å². The Labute approximate surface area is 369 Å². The first-order valence-corrected chi connectivity index (χ1v) is 25.9. The van der Waals surface area contributed by atoms with Crippen molar-refractivity contribution in [1.82, 2.24) is 0 Å². The van der Waals surface area contributed by atoms with Crippen molar-refractivity contribution in [2.75, 3.05) is 47.5 Å². The van der Waals surface area contributed by atoms with E-state index >= 15 is 0 Å². The van der Waals surface area contributed by atoms with Gasteiger partial charge in [-0.15, -0.1) is 0 Å². The number of hydrogen-bond acceptors (Lipinski definition) is 7. The maximum Gasteiger partial charge on any atom is 0.472 e. The Kier molecular flexibility index (Phi) is 40.8. The number of likely N-dealkylation sites (N-methyl/N-ethyl adjacent to an activating group) is 1. The Bertz CT molecular complexity index is 1160. The average molecular weight is 867 g/mol. The van der Waals surface area contributed by atoms with Crippen LogP contribution in [0.25, 0.3) is 0 Å². The monoisotopic (exact) mass is 867 g/mol. The summed E-state index contributed by atoms with van der Waals surface area (Å²) >= 11 is 0. The average Bonchev–Trinajstić information content (AvgIpc) is 3.20. The molecule has 1 unspecified atom stereocenters. The minimum absolute atomic E-state index is 0.0247. The predicted molar refractivity (Wildman–Crippen MR) is 252 cm³/mol. The fourth-order valence-electron chi connectivity index (χ4n) is 6.49. The molecule has 0 aliphatic rings. The second-order valence-corrected chi connectivity index (χ2v) is 18.9. The lowest BCUT2D eigenvalue weighted by molar-refractivity contribution is -0.870. The molecule has 0 aliphatic carbocycles. The van der Waals surface area contributed by atoms with Crippen LogP contribution in [0.4, 0.5) is 0 Å². The third-order valence-electron chi connectivity index (χ3n) is 10.3. The first-order chi connectivity index (χ1) is 29.0. The molecule has 0 saturated heterocycles. The molecular formula is C50H93NO8P+. The molecule has 350 valence electrons. The fourth-order valence-corrected chi connectivity index (χ4v) is 7.23. The number of hydrogen-bond donors (Lipinski definition) is 1. The number of carbonyl (C=O) groups is 2. The summed E-state index contributed by atoms with van der Waals surface area (Å²) in [5, 5.41) is 0. The van der Waals surface area contributed by atoms with Gasteiger partial charge < -0.3 is 18.9 Å². The van der Waals surface area contributed by atoms with Gasteiger partial charge in [0.25, 0.3) is 0 Å². The van der Waals surface area contributed by atoms with E-state index in [1.807, 2.05) is 21.1 Å². The third kappa shape index (κ3) is 45.5. The molecule has 10 heteroatoms. The predicted octanol–water partition coefficient (Wildman–Crippen LogP) is 14.2. The molecule has 2 atom stereocenters. The fraction of sp³-hybridized carbons (Fsp3) is 0.800. The summed E-state index contributed by atoms with van der Waals surface area (Å²) in [6, 6.07) is 0. The molecule has 0 aromatic carbocycles. The van der Waals surface area contributed by atoms with Crippen LogP contribution in [-0.4, -0.2) is 74.9 Å². The van der Waals surface area contributed by atoms with Crippen LogP contribution in [0.15, 0.2) is 48.6 Å². The van der Waals surface area contributed by atoms with E-state index in [0.29, 0.717) is 23.9 Å². The number of ether oxygens (including phenoxy) is 2. The van der Waals surface area contributed by atoms with Gasteiger partial charge in [-0.05, 0) is 77.0 Å². The minimum atomic E-state index is -4.39. The van der Waals surface area contributed by atoms with E-state index < -0.39 is 32.5 Å². The van der Waals surface area contributed by atoms with Gasteiger partial charge in [-0.1, -0.05) is 165 Å². The summed E-state index contributed by atoms with van der Waals surface area (Å²) in [6.45, 7) is 4.36. The number of allylic oxidation sites excluding steroid dienone is 8. The van der Waals surface area contributed by atoms with Gasteiger partial charge in [0.15, 0.2) is 6.10 Å². The second-order valence-electron chi connectivity index (χ2n) is 17.5. The van der Waals surface area contributed by atoms with Crippen LogP contribution in [0.5, 0.6) is 0 Å². The van der Waals surface area contributed by atoms with E-state index in [1.54, 1.807) is 0 Å². The lowest BCUT2D eigenvalue weighted by atomic mass is 10.0. The van der Waals surface area contributed by atoms with Crippen molar-refractivity contribution in [3.05, 3.63) is 48.6 Å². The van der Waals surface area contributed by atoms with Crippen LogP contribution in [-0.2, 0) is 32.7 Å². The highest BCUT2D eigenvalue weighted by molar-refractivity contribution is 7.47. The summed E-state index contributed by atoms with van der Waals surface area (Å²) in [5.74, 6) is -0.842. The molecule has 1 N–H and O–H groups in total. The number of nitrogens with zero attached hydrogens (tertiary/aromatic N) is 1. The SMILES string of the molecule is CCCCC/C=C/C/C=C/C/C=C/CCCCC(=O)OC[C@H](COP(=O)(O)OCC[N+](C)(C)C)OC(=O)CCCCCCCCCCCCC/C=C/CCCCCCCC. The molecule has 0 spiro atoms. The first kappa shape index (κ1) is 58.0. The van der Waals surface area contributed by atoms with Crippen molar-refractivity contribution >= 4 is 19.8 Å². The van der Waals surface area contributed by atoms with Gasteiger partial charge in [0.1, 0.15) is 19.8 Å². The normalized spacial score (nSPS) is 13.9. The Morgan fingerprint density at radius 3 is 1.42 bits per heavy atom. The topological polar surface area (TPSA) is 108 Å². The van der Waals surface area contributed by atoms with Crippen LogP contribution in [0.2, 0.25) is 0 Å². The Morgan fingerprint density at radius 2 is 0.900 bits per heavy atom. The molecule has 0 rings (SSSR count). The van der Waals surface area contributed by atoms with Gasteiger partial charge in [-0.3, -0.25) is 18.6 Å². The highest BCUT2D eigenvalue weighted by Crippen LogP contribution is 2.43. The zero-order valence-corrected chi connectivity index (χ0v) is 40.3. The molecule has 0 aliphatic heterocycles. The molecule has 0 bridgehead atoms.